The first-order valence-electron chi connectivity index (χ1n) is 8.90. The van der Waals surface area contributed by atoms with Gasteiger partial charge in [-0.1, -0.05) is 49.4 Å². The molecule has 4 heteroatoms. The lowest BCUT2D eigenvalue weighted by Crippen LogP contribution is -2.38. The SMILES string of the molecule is C[C@@H]1CCc2c(sc3c2C(=O)N[C@H](c2cccc4ccccc24)N3)C1. The van der Waals surface area contributed by atoms with Crippen LogP contribution in [0, 0.1) is 5.92 Å². The Labute approximate surface area is 151 Å². The Balaban J connectivity index is 1.58. The Morgan fingerprint density at radius 3 is 2.84 bits per heavy atom. The largest absolute Gasteiger partial charge is 0.353 e. The van der Waals surface area contributed by atoms with E-state index in [4.69, 9.17) is 0 Å². The molecule has 0 bridgehead atoms. The van der Waals surface area contributed by atoms with Crippen LogP contribution in [0.15, 0.2) is 42.5 Å². The summed E-state index contributed by atoms with van der Waals surface area (Å²) in [6, 6.07) is 14.6. The van der Waals surface area contributed by atoms with E-state index < -0.39 is 0 Å². The molecule has 0 saturated carbocycles. The van der Waals surface area contributed by atoms with E-state index in [1.807, 2.05) is 12.1 Å². The first-order valence-corrected chi connectivity index (χ1v) is 9.72. The quantitative estimate of drug-likeness (QED) is 0.658. The fourth-order valence-electron chi connectivity index (χ4n) is 4.12. The van der Waals surface area contributed by atoms with Gasteiger partial charge >= 0.3 is 0 Å². The summed E-state index contributed by atoms with van der Waals surface area (Å²) >= 11 is 1.78. The van der Waals surface area contributed by atoms with Gasteiger partial charge in [0.15, 0.2) is 0 Å². The molecule has 3 nitrogen and oxygen atoms in total. The van der Waals surface area contributed by atoms with Crippen molar-refractivity contribution in [1.82, 2.24) is 5.32 Å². The molecule has 2 aromatic carbocycles. The van der Waals surface area contributed by atoms with Gasteiger partial charge in [-0.3, -0.25) is 4.79 Å². The fraction of sp³-hybridized carbons (Fsp3) is 0.286. The number of amides is 1. The van der Waals surface area contributed by atoms with Crippen molar-refractivity contribution >= 4 is 33.0 Å². The van der Waals surface area contributed by atoms with Crippen LogP contribution in [0.3, 0.4) is 0 Å². The molecule has 25 heavy (non-hydrogen) atoms. The summed E-state index contributed by atoms with van der Waals surface area (Å²) in [6.45, 7) is 2.30. The van der Waals surface area contributed by atoms with Crippen LogP contribution < -0.4 is 10.6 Å². The second-order valence-electron chi connectivity index (χ2n) is 7.18. The number of rotatable bonds is 1. The minimum Gasteiger partial charge on any atom is -0.353 e. The molecule has 2 N–H and O–H groups in total. The highest BCUT2D eigenvalue weighted by molar-refractivity contribution is 7.16. The highest BCUT2D eigenvalue weighted by Gasteiger charge is 2.33. The molecule has 0 saturated heterocycles. The van der Waals surface area contributed by atoms with E-state index in [2.05, 4.69) is 47.9 Å². The van der Waals surface area contributed by atoms with Gasteiger partial charge < -0.3 is 10.6 Å². The minimum atomic E-state index is -0.177. The average Bonchev–Trinajstić information content (AvgIpc) is 2.99. The topological polar surface area (TPSA) is 41.1 Å². The van der Waals surface area contributed by atoms with Gasteiger partial charge in [0.05, 0.1) is 5.56 Å². The predicted molar refractivity (Wildman–Crippen MR) is 103 cm³/mol. The predicted octanol–water partition coefficient (Wildman–Crippen LogP) is 4.88. The maximum absolute atomic E-state index is 12.9. The zero-order valence-corrected chi connectivity index (χ0v) is 15.0. The van der Waals surface area contributed by atoms with Gasteiger partial charge in [0, 0.05) is 10.4 Å². The smallest absolute Gasteiger partial charge is 0.256 e. The first kappa shape index (κ1) is 15.0. The van der Waals surface area contributed by atoms with Crippen LogP contribution in [0.5, 0.6) is 0 Å². The number of fused-ring (bicyclic) bond motifs is 4. The van der Waals surface area contributed by atoms with Gasteiger partial charge in [0.1, 0.15) is 11.2 Å². The molecule has 0 radical (unpaired) electrons. The Hall–Kier alpha value is -2.33. The van der Waals surface area contributed by atoms with E-state index in [1.165, 1.54) is 27.6 Å². The van der Waals surface area contributed by atoms with Crippen molar-refractivity contribution in [2.75, 3.05) is 5.32 Å². The molecule has 1 aliphatic heterocycles. The van der Waals surface area contributed by atoms with Crippen LogP contribution in [0.1, 0.15) is 45.9 Å². The summed E-state index contributed by atoms with van der Waals surface area (Å²) in [5.41, 5.74) is 3.29. The lowest BCUT2D eigenvalue weighted by atomic mass is 9.88. The van der Waals surface area contributed by atoms with Crippen LogP contribution in [-0.2, 0) is 12.8 Å². The van der Waals surface area contributed by atoms with Crippen LogP contribution in [0.25, 0.3) is 10.8 Å². The summed E-state index contributed by atoms with van der Waals surface area (Å²) in [5.74, 6) is 0.781. The van der Waals surface area contributed by atoms with Crippen LogP contribution >= 0.6 is 11.3 Å². The molecule has 0 spiro atoms. The molecule has 1 amide bonds. The zero-order valence-electron chi connectivity index (χ0n) is 14.1. The maximum atomic E-state index is 12.9. The van der Waals surface area contributed by atoms with Crippen molar-refractivity contribution in [2.45, 2.75) is 32.4 Å². The number of anilines is 1. The number of hydrogen-bond donors (Lipinski definition) is 2. The van der Waals surface area contributed by atoms with Crippen LogP contribution in [-0.4, -0.2) is 5.91 Å². The van der Waals surface area contributed by atoms with Crippen molar-refractivity contribution < 1.29 is 4.79 Å². The van der Waals surface area contributed by atoms with E-state index in [0.717, 1.165) is 29.0 Å². The first-order chi connectivity index (χ1) is 12.2. The lowest BCUT2D eigenvalue weighted by Gasteiger charge is -2.28. The molecule has 1 aliphatic carbocycles. The minimum absolute atomic E-state index is 0.0683. The van der Waals surface area contributed by atoms with Crippen LogP contribution in [0.2, 0.25) is 0 Å². The molecule has 126 valence electrons. The van der Waals surface area contributed by atoms with E-state index in [0.29, 0.717) is 5.92 Å². The third-order valence-electron chi connectivity index (χ3n) is 5.42. The fourth-order valence-corrected chi connectivity index (χ4v) is 5.56. The van der Waals surface area contributed by atoms with Gasteiger partial charge in [0.2, 0.25) is 0 Å². The van der Waals surface area contributed by atoms with E-state index >= 15 is 0 Å². The van der Waals surface area contributed by atoms with Gasteiger partial charge in [-0.05, 0) is 41.5 Å². The highest BCUT2D eigenvalue weighted by Crippen LogP contribution is 2.43. The standard InChI is InChI=1S/C21H20N2OS/c1-12-9-10-16-17(11-12)25-21-18(16)20(24)22-19(23-21)15-8-4-6-13-5-2-3-7-14(13)15/h2-8,12,19,23H,9-11H2,1H3,(H,22,24)/t12-,19+/m1/s1. The van der Waals surface area contributed by atoms with Gasteiger partial charge in [0.25, 0.3) is 5.91 Å². The maximum Gasteiger partial charge on any atom is 0.256 e. The number of thiophene rings is 1. The van der Waals surface area contributed by atoms with Crippen LogP contribution in [0.4, 0.5) is 5.00 Å². The lowest BCUT2D eigenvalue weighted by molar-refractivity contribution is 0.0935. The van der Waals surface area contributed by atoms with Crippen molar-refractivity contribution in [1.29, 1.82) is 0 Å². The summed E-state index contributed by atoms with van der Waals surface area (Å²) < 4.78 is 0. The molecule has 2 heterocycles. The number of carbonyl (C=O) groups excluding carboxylic acids is 1. The molecule has 0 unspecified atom stereocenters. The summed E-state index contributed by atoms with van der Waals surface area (Å²) in [5, 5.41) is 10.2. The molecule has 5 rings (SSSR count). The van der Waals surface area contributed by atoms with Gasteiger partial charge in [-0.25, -0.2) is 0 Å². The summed E-state index contributed by atoms with van der Waals surface area (Å²) in [6.07, 6.45) is 3.12. The van der Waals surface area contributed by atoms with Gasteiger partial charge in [-0.15, -0.1) is 11.3 Å². The Kier molecular flexibility index (Phi) is 3.35. The number of nitrogens with one attached hydrogen (secondary N) is 2. The van der Waals surface area contributed by atoms with Crippen molar-refractivity contribution in [3.05, 3.63) is 64.0 Å². The number of benzene rings is 2. The second kappa shape index (κ2) is 5.60. The Bertz CT molecular complexity index is 985. The summed E-state index contributed by atoms with van der Waals surface area (Å²) in [7, 11) is 0. The normalized spacial score (nSPS) is 22.0. The molecule has 3 aromatic rings. The third kappa shape index (κ3) is 2.35. The molecule has 2 aliphatic rings. The number of hydrogen-bond acceptors (Lipinski definition) is 3. The van der Waals surface area contributed by atoms with E-state index in [9.17, 15) is 4.79 Å². The zero-order chi connectivity index (χ0) is 17.0. The van der Waals surface area contributed by atoms with E-state index in [-0.39, 0.29) is 12.1 Å². The average molecular weight is 348 g/mol. The van der Waals surface area contributed by atoms with Crippen molar-refractivity contribution in [3.63, 3.8) is 0 Å². The third-order valence-corrected chi connectivity index (χ3v) is 6.61. The molecular formula is C21H20N2OS. The highest BCUT2D eigenvalue weighted by atomic mass is 32.1. The van der Waals surface area contributed by atoms with E-state index in [1.54, 1.807) is 11.3 Å². The number of carbonyl (C=O) groups is 1. The molecular weight excluding hydrogens is 328 g/mol. The summed E-state index contributed by atoms with van der Waals surface area (Å²) in [4.78, 5) is 14.3. The second-order valence-corrected chi connectivity index (χ2v) is 8.28. The monoisotopic (exact) mass is 348 g/mol. The van der Waals surface area contributed by atoms with Crippen molar-refractivity contribution in [3.8, 4) is 0 Å². The molecule has 0 fully saturated rings. The molecule has 1 aromatic heterocycles. The van der Waals surface area contributed by atoms with Gasteiger partial charge in [-0.2, -0.15) is 0 Å². The molecule has 2 atom stereocenters. The Morgan fingerprint density at radius 1 is 1.08 bits per heavy atom. The Morgan fingerprint density at radius 2 is 1.92 bits per heavy atom. The van der Waals surface area contributed by atoms with Crippen molar-refractivity contribution in [2.24, 2.45) is 5.92 Å².